The second kappa shape index (κ2) is 7.23. The summed E-state index contributed by atoms with van der Waals surface area (Å²) in [6.07, 6.45) is 0.816. The van der Waals surface area contributed by atoms with Crippen molar-refractivity contribution in [2.45, 2.75) is 26.3 Å². The maximum absolute atomic E-state index is 11.3. The molecule has 1 unspecified atom stereocenters. The highest BCUT2D eigenvalue weighted by Crippen LogP contribution is 1.86. The molecule has 0 spiro atoms. The molecule has 88 valence electrons. The number of carbonyl (C=O) groups excluding carboxylic acids is 2. The minimum atomic E-state index is -0.558. The number of carbonyl (C=O) groups is 2. The Bertz CT molecular complexity index is 217. The lowest BCUT2D eigenvalue weighted by Gasteiger charge is -2.12. The maximum Gasteiger partial charge on any atom is 0.309 e. The van der Waals surface area contributed by atoms with Gasteiger partial charge in [-0.05, 0) is 27.4 Å². The van der Waals surface area contributed by atoms with Gasteiger partial charge in [0.05, 0.1) is 0 Å². The number of amides is 2. The van der Waals surface area contributed by atoms with Gasteiger partial charge in [0, 0.05) is 19.1 Å². The van der Waals surface area contributed by atoms with Gasteiger partial charge < -0.3 is 15.5 Å². The molecular weight excluding hydrogens is 194 g/mol. The standard InChI is InChI=1S/C10H21N3O2/c1-5-8(2)12-10(15)9(14)11-6-7-13(3)4/h8H,5-7H2,1-4H3,(H,11,14)(H,12,15). The monoisotopic (exact) mass is 215 g/mol. The molecule has 2 amide bonds. The maximum atomic E-state index is 11.3. The quantitative estimate of drug-likeness (QED) is 0.612. The molecular formula is C10H21N3O2. The average molecular weight is 215 g/mol. The third-order valence-corrected chi connectivity index (χ3v) is 2.04. The highest BCUT2D eigenvalue weighted by molar-refractivity contribution is 6.35. The van der Waals surface area contributed by atoms with E-state index in [1.54, 1.807) is 0 Å². The molecule has 5 nitrogen and oxygen atoms in total. The molecule has 0 heterocycles. The van der Waals surface area contributed by atoms with Gasteiger partial charge in [0.2, 0.25) is 0 Å². The Balaban J connectivity index is 3.75. The van der Waals surface area contributed by atoms with Crippen LogP contribution in [0.25, 0.3) is 0 Å². The summed E-state index contributed by atoms with van der Waals surface area (Å²) >= 11 is 0. The summed E-state index contributed by atoms with van der Waals surface area (Å²) in [6.45, 7) is 5.03. The van der Waals surface area contributed by atoms with E-state index < -0.39 is 11.8 Å². The van der Waals surface area contributed by atoms with E-state index in [1.807, 2.05) is 32.8 Å². The van der Waals surface area contributed by atoms with Crippen LogP contribution in [0.4, 0.5) is 0 Å². The van der Waals surface area contributed by atoms with Crippen LogP contribution >= 0.6 is 0 Å². The van der Waals surface area contributed by atoms with Crippen molar-refractivity contribution in [3.8, 4) is 0 Å². The van der Waals surface area contributed by atoms with Crippen LogP contribution in [0, 0.1) is 0 Å². The third kappa shape index (κ3) is 6.90. The summed E-state index contributed by atoms with van der Waals surface area (Å²) in [6, 6.07) is 0.0390. The van der Waals surface area contributed by atoms with Crippen molar-refractivity contribution >= 4 is 11.8 Å². The topological polar surface area (TPSA) is 61.4 Å². The Labute approximate surface area is 91.2 Å². The van der Waals surface area contributed by atoms with E-state index in [2.05, 4.69) is 10.6 Å². The third-order valence-electron chi connectivity index (χ3n) is 2.04. The Morgan fingerprint density at radius 1 is 1.27 bits per heavy atom. The minimum Gasteiger partial charge on any atom is -0.347 e. The summed E-state index contributed by atoms with van der Waals surface area (Å²) in [5, 5.41) is 5.15. The second-order valence-corrected chi connectivity index (χ2v) is 3.84. The van der Waals surface area contributed by atoms with E-state index in [1.165, 1.54) is 0 Å². The van der Waals surface area contributed by atoms with Crippen LogP contribution < -0.4 is 10.6 Å². The predicted octanol–water partition coefficient (Wildman–Crippen LogP) is -0.421. The van der Waals surface area contributed by atoms with Crippen molar-refractivity contribution < 1.29 is 9.59 Å². The number of nitrogens with zero attached hydrogens (tertiary/aromatic N) is 1. The molecule has 0 aliphatic heterocycles. The van der Waals surface area contributed by atoms with Gasteiger partial charge in [0.15, 0.2) is 0 Å². The summed E-state index contributed by atoms with van der Waals surface area (Å²) in [5.74, 6) is -1.11. The second-order valence-electron chi connectivity index (χ2n) is 3.84. The van der Waals surface area contributed by atoms with Gasteiger partial charge >= 0.3 is 11.8 Å². The molecule has 0 bridgehead atoms. The zero-order valence-electron chi connectivity index (χ0n) is 9.96. The lowest BCUT2D eigenvalue weighted by Crippen LogP contribution is -2.44. The Hall–Kier alpha value is -1.10. The van der Waals surface area contributed by atoms with E-state index in [0.717, 1.165) is 13.0 Å². The van der Waals surface area contributed by atoms with Gasteiger partial charge in [-0.15, -0.1) is 0 Å². The largest absolute Gasteiger partial charge is 0.347 e. The number of hydrogen-bond donors (Lipinski definition) is 2. The smallest absolute Gasteiger partial charge is 0.309 e. The fourth-order valence-electron chi connectivity index (χ4n) is 0.865. The van der Waals surface area contributed by atoms with E-state index in [4.69, 9.17) is 0 Å². The lowest BCUT2D eigenvalue weighted by atomic mass is 10.2. The van der Waals surface area contributed by atoms with Crippen LogP contribution in [0.3, 0.4) is 0 Å². The molecule has 0 aromatic heterocycles. The summed E-state index contributed by atoms with van der Waals surface area (Å²) in [5.41, 5.74) is 0. The van der Waals surface area contributed by atoms with Gasteiger partial charge in [-0.3, -0.25) is 9.59 Å². The summed E-state index contributed by atoms with van der Waals surface area (Å²) < 4.78 is 0. The number of rotatable bonds is 5. The van der Waals surface area contributed by atoms with E-state index in [0.29, 0.717) is 6.54 Å². The zero-order chi connectivity index (χ0) is 11.8. The molecule has 2 N–H and O–H groups in total. The molecule has 0 fully saturated rings. The van der Waals surface area contributed by atoms with Crippen molar-refractivity contribution in [3.63, 3.8) is 0 Å². The SMILES string of the molecule is CCC(C)NC(=O)C(=O)NCCN(C)C. The molecule has 0 aromatic carbocycles. The van der Waals surface area contributed by atoms with Crippen LogP contribution in [-0.4, -0.2) is 49.9 Å². The molecule has 0 aliphatic rings. The van der Waals surface area contributed by atoms with Gasteiger partial charge in [-0.25, -0.2) is 0 Å². The number of likely N-dealkylation sites (N-methyl/N-ethyl adjacent to an activating group) is 1. The molecule has 0 rings (SSSR count). The zero-order valence-corrected chi connectivity index (χ0v) is 9.96. The van der Waals surface area contributed by atoms with Gasteiger partial charge in [0.1, 0.15) is 0 Å². The van der Waals surface area contributed by atoms with Crippen molar-refractivity contribution in [1.29, 1.82) is 0 Å². The van der Waals surface area contributed by atoms with E-state index in [9.17, 15) is 9.59 Å². The fraction of sp³-hybridized carbons (Fsp3) is 0.800. The normalized spacial score (nSPS) is 12.3. The molecule has 0 aromatic rings. The fourth-order valence-corrected chi connectivity index (χ4v) is 0.865. The van der Waals surface area contributed by atoms with Gasteiger partial charge in [0.25, 0.3) is 0 Å². The first-order valence-corrected chi connectivity index (χ1v) is 5.20. The van der Waals surface area contributed by atoms with Crippen molar-refractivity contribution in [2.75, 3.05) is 27.2 Å². The summed E-state index contributed by atoms with van der Waals surface area (Å²) in [7, 11) is 3.82. The molecule has 0 saturated carbocycles. The van der Waals surface area contributed by atoms with Crippen molar-refractivity contribution in [3.05, 3.63) is 0 Å². The van der Waals surface area contributed by atoms with Crippen LogP contribution in [0.1, 0.15) is 20.3 Å². The molecule has 0 aliphatic carbocycles. The van der Waals surface area contributed by atoms with Gasteiger partial charge in [-0.2, -0.15) is 0 Å². The van der Waals surface area contributed by atoms with Crippen LogP contribution in [0.5, 0.6) is 0 Å². The first-order valence-electron chi connectivity index (χ1n) is 5.20. The summed E-state index contributed by atoms with van der Waals surface area (Å²) in [4.78, 5) is 24.4. The van der Waals surface area contributed by atoms with E-state index in [-0.39, 0.29) is 6.04 Å². The molecule has 0 radical (unpaired) electrons. The van der Waals surface area contributed by atoms with Crippen LogP contribution in [0.2, 0.25) is 0 Å². The Morgan fingerprint density at radius 2 is 1.87 bits per heavy atom. The van der Waals surface area contributed by atoms with Crippen molar-refractivity contribution in [1.82, 2.24) is 15.5 Å². The van der Waals surface area contributed by atoms with Gasteiger partial charge in [-0.1, -0.05) is 6.92 Å². The Morgan fingerprint density at radius 3 is 2.33 bits per heavy atom. The molecule has 1 atom stereocenters. The first-order chi connectivity index (χ1) is 6.97. The van der Waals surface area contributed by atoms with Crippen molar-refractivity contribution in [2.24, 2.45) is 0 Å². The highest BCUT2D eigenvalue weighted by Gasteiger charge is 2.14. The molecule has 0 saturated heterocycles. The minimum absolute atomic E-state index is 0.0390. The molecule has 5 heteroatoms. The van der Waals surface area contributed by atoms with Crippen LogP contribution in [-0.2, 0) is 9.59 Å². The highest BCUT2D eigenvalue weighted by atomic mass is 16.2. The Kier molecular flexibility index (Phi) is 6.70. The number of hydrogen-bond acceptors (Lipinski definition) is 3. The van der Waals surface area contributed by atoms with Crippen LogP contribution in [0.15, 0.2) is 0 Å². The number of nitrogens with one attached hydrogen (secondary N) is 2. The first kappa shape index (κ1) is 13.9. The lowest BCUT2D eigenvalue weighted by molar-refractivity contribution is -0.139. The predicted molar refractivity (Wildman–Crippen MR) is 59.5 cm³/mol. The van der Waals surface area contributed by atoms with E-state index >= 15 is 0 Å². The molecule has 15 heavy (non-hydrogen) atoms. The average Bonchev–Trinajstić information content (AvgIpc) is 2.16.